The summed E-state index contributed by atoms with van der Waals surface area (Å²) >= 11 is 5.87. The van der Waals surface area contributed by atoms with Gasteiger partial charge in [-0.3, -0.25) is 15.6 Å². The summed E-state index contributed by atoms with van der Waals surface area (Å²) < 4.78 is 5.06. The maximum absolute atomic E-state index is 12.4. The number of rotatable bonds is 5. The number of carbonyl (C=O) groups is 2. The summed E-state index contributed by atoms with van der Waals surface area (Å²) in [4.78, 5) is 24.5. The first-order valence-electron chi connectivity index (χ1n) is 7.23. The molecule has 0 radical (unpaired) electrons. The normalized spacial score (nSPS) is 22.1. The molecule has 22 heavy (non-hydrogen) atoms. The van der Waals surface area contributed by atoms with Gasteiger partial charge >= 0.3 is 5.97 Å². The van der Waals surface area contributed by atoms with Crippen LogP contribution in [0.15, 0.2) is 24.3 Å². The average molecular weight is 326 g/mol. The lowest BCUT2D eigenvalue weighted by Gasteiger charge is -2.21. The lowest BCUT2D eigenvalue weighted by molar-refractivity contribution is -0.148. The van der Waals surface area contributed by atoms with E-state index >= 15 is 0 Å². The van der Waals surface area contributed by atoms with Gasteiger partial charge in [-0.25, -0.2) is 4.79 Å². The zero-order valence-corrected chi connectivity index (χ0v) is 13.3. The number of carbonyl (C=O) groups excluding carboxylic acids is 2. The van der Waals surface area contributed by atoms with Crippen LogP contribution in [0.3, 0.4) is 0 Å². The molecule has 2 rings (SSSR count). The van der Waals surface area contributed by atoms with Gasteiger partial charge in [0, 0.05) is 17.6 Å². The van der Waals surface area contributed by atoms with E-state index in [2.05, 4.69) is 16.2 Å². The first-order chi connectivity index (χ1) is 10.5. The van der Waals surface area contributed by atoms with Crippen molar-refractivity contribution in [2.45, 2.75) is 25.9 Å². The molecule has 0 aliphatic carbocycles. The Hall–Kier alpha value is -1.63. The van der Waals surface area contributed by atoms with Gasteiger partial charge in [-0.15, -0.1) is 0 Å². The van der Waals surface area contributed by atoms with E-state index in [4.69, 9.17) is 16.3 Å². The fourth-order valence-electron chi connectivity index (χ4n) is 2.34. The number of ether oxygens (including phenoxy) is 1. The third-order valence-corrected chi connectivity index (χ3v) is 3.86. The zero-order chi connectivity index (χ0) is 16.1. The number of esters is 1. The predicted octanol–water partition coefficient (Wildman–Crippen LogP) is 1.17. The van der Waals surface area contributed by atoms with E-state index in [-0.39, 0.29) is 24.5 Å². The van der Waals surface area contributed by atoms with Crippen molar-refractivity contribution >= 4 is 23.5 Å². The average Bonchev–Trinajstić information content (AvgIpc) is 2.92. The minimum absolute atomic E-state index is 0.00642. The third kappa shape index (κ3) is 3.97. The quantitative estimate of drug-likeness (QED) is 0.708. The highest BCUT2D eigenvalue weighted by Crippen LogP contribution is 2.19. The molecule has 1 aromatic carbocycles. The highest BCUT2D eigenvalue weighted by molar-refractivity contribution is 6.30. The monoisotopic (exact) mass is 325 g/mol. The molecule has 1 fully saturated rings. The molecule has 1 amide bonds. The van der Waals surface area contributed by atoms with Crippen molar-refractivity contribution in [3.8, 4) is 0 Å². The van der Waals surface area contributed by atoms with E-state index in [1.54, 1.807) is 31.2 Å². The third-order valence-electron chi connectivity index (χ3n) is 3.60. The molecule has 1 heterocycles. The van der Waals surface area contributed by atoms with Crippen LogP contribution in [0.2, 0.25) is 5.02 Å². The molecular formula is C15H20ClN3O3. The van der Waals surface area contributed by atoms with Crippen molar-refractivity contribution in [2.75, 3.05) is 13.2 Å². The van der Waals surface area contributed by atoms with Crippen molar-refractivity contribution in [1.82, 2.24) is 16.2 Å². The first kappa shape index (κ1) is 16.7. The Morgan fingerprint density at radius 1 is 1.41 bits per heavy atom. The smallest absolute Gasteiger partial charge is 0.333 e. The summed E-state index contributed by atoms with van der Waals surface area (Å²) in [5.41, 5.74) is 6.56. The molecule has 3 atom stereocenters. The molecule has 1 aliphatic rings. The SMILES string of the molecule is CCOC(=O)C(NC(=O)C1CNNC1C)c1ccc(Cl)cc1. The highest BCUT2D eigenvalue weighted by atomic mass is 35.5. The standard InChI is InChI=1S/C15H20ClN3O3/c1-3-22-15(21)13(10-4-6-11(16)7-5-10)18-14(20)12-8-17-19-9(12)2/h4-7,9,12-13,17,19H,3,8H2,1-2H3,(H,18,20). The molecule has 7 heteroatoms. The van der Waals surface area contributed by atoms with E-state index < -0.39 is 12.0 Å². The van der Waals surface area contributed by atoms with Crippen molar-refractivity contribution in [1.29, 1.82) is 0 Å². The second-order valence-corrected chi connectivity index (χ2v) is 5.60. The van der Waals surface area contributed by atoms with Gasteiger partial charge in [0.25, 0.3) is 0 Å². The van der Waals surface area contributed by atoms with Gasteiger partial charge in [0.15, 0.2) is 6.04 Å². The van der Waals surface area contributed by atoms with E-state index in [0.717, 1.165) is 0 Å². The molecular weight excluding hydrogens is 306 g/mol. The molecule has 1 aromatic rings. The predicted molar refractivity (Wildman–Crippen MR) is 83.1 cm³/mol. The number of hydrogen-bond donors (Lipinski definition) is 3. The molecule has 0 bridgehead atoms. The maximum atomic E-state index is 12.4. The van der Waals surface area contributed by atoms with Crippen molar-refractivity contribution in [3.63, 3.8) is 0 Å². The van der Waals surface area contributed by atoms with E-state index in [0.29, 0.717) is 17.1 Å². The summed E-state index contributed by atoms with van der Waals surface area (Å²) in [6, 6.07) is 5.93. The van der Waals surface area contributed by atoms with Gasteiger partial charge in [0.05, 0.1) is 12.5 Å². The number of hydrogen-bond acceptors (Lipinski definition) is 5. The molecule has 120 valence electrons. The van der Waals surface area contributed by atoms with E-state index in [1.807, 2.05) is 6.92 Å². The highest BCUT2D eigenvalue weighted by Gasteiger charge is 2.33. The van der Waals surface area contributed by atoms with Crippen molar-refractivity contribution < 1.29 is 14.3 Å². The number of nitrogens with one attached hydrogen (secondary N) is 3. The van der Waals surface area contributed by atoms with Gasteiger partial charge in [-0.1, -0.05) is 23.7 Å². The van der Waals surface area contributed by atoms with E-state index in [1.165, 1.54) is 0 Å². The van der Waals surface area contributed by atoms with Gasteiger partial charge in [-0.05, 0) is 31.5 Å². The Morgan fingerprint density at radius 3 is 2.64 bits per heavy atom. The fraction of sp³-hybridized carbons (Fsp3) is 0.467. The van der Waals surface area contributed by atoms with Crippen LogP contribution < -0.4 is 16.2 Å². The van der Waals surface area contributed by atoms with Gasteiger partial charge < -0.3 is 10.1 Å². The number of halogens is 1. The molecule has 6 nitrogen and oxygen atoms in total. The Kier molecular flexibility index (Phi) is 5.76. The summed E-state index contributed by atoms with van der Waals surface area (Å²) in [5, 5.41) is 3.34. The van der Waals surface area contributed by atoms with Crippen LogP contribution in [0.4, 0.5) is 0 Å². The zero-order valence-electron chi connectivity index (χ0n) is 12.6. The molecule has 0 spiro atoms. The van der Waals surface area contributed by atoms with Crippen LogP contribution in [0.1, 0.15) is 25.5 Å². The second kappa shape index (κ2) is 7.58. The van der Waals surface area contributed by atoms with Crippen LogP contribution in [0.5, 0.6) is 0 Å². The number of amides is 1. The van der Waals surface area contributed by atoms with Crippen molar-refractivity contribution in [3.05, 3.63) is 34.9 Å². The fourth-order valence-corrected chi connectivity index (χ4v) is 2.46. The number of benzene rings is 1. The lowest BCUT2D eigenvalue weighted by atomic mass is 10.0. The molecule has 3 unspecified atom stereocenters. The van der Waals surface area contributed by atoms with Gasteiger partial charge in [0.1, 0.15) is 0 Å². The van der Waals surface area contributed by atoms with Crippen LogP contribution in [0.25, 0.3) is 0 Å². The van der Waals surface area contributed by atoms with Crippen molar-refractivity contribution in [2.24, 2.45) is 5.92 Å². The minimum atomic E-state index is -0.836. The lowest BCUT2D eigenvalue weighted by Crippen LogP contribution is -2.42. The molecule has 0 saturated carbocycles. The molecule has 1 saturated heterocycles. The Morgan fingerprint density at radius 2 is 2.09 bits per heavy atom. The Bertz CT molecular complexity index is 535. The first-order valence-corrected chi connectivity index (χ1v) is 7.61. The summed E-state index contributed by atoms with van der Waals surface area (Å²) in [7, 11) is 0. The molecule has 1 aliphatic heterocycles. The van der Waals surface area contributed by atoms with Crippen LogP contribution in [-0.2, 0) is 14.3 Å². The second-order valence-electron chi connectivity index (χ2n) is 5.17. The summed E-state index contributed by atoms with van der Waals surface area (Å²) in [6.45, 7) is 4.41. The van der Waals surface area contributed by atoms with Crippen LogP contribution in [0, 0.1) is 5.92 Å². The Balaban J connectivity index is 2.15. The van der Waals surface area contributed by atoms with Gasteiger partial charge in [-0.2, -0.15) is 0 Å². The van der Waals surface area contributed by atoms with E-state index in [9.17, 15) is 9.59 Å². The summed E-state index contributed by atoms with van der Waals surface area (Å²) in [5.74, 6) is -0.924. The number of hydrazine groups is 1. The van der Waals surface area contributed by atoms with Gasteiger partial charge in [0.2, 0.25) is 5.91 Å². The molecule has 0 aromatic heterocycles. The topological polar surface area (TPSA) is 79.5 Å². The van der Waals surface area contributed by atoms with Crippen LogP contribution in [-0.4, -0.2) is 31.1 Å². The molecule has 3 N–H and O–H groups in total. The largest absolute Gasteiger partial charge is 0.464 e. The maximum Gasteiger partial charge on any atom is 0.333 e. The summed E-state index contributed by atoms with van der Waals surface area (Å²) in [6.07, 6.45) is 0. The minimum Gasteiger partial charge on any atom is -0.464 e. The Labute approximate surface area is 134 Å². The van der Waals surface area contributed by atoms with Crippen LogP contribution >= 0.6 is 11.6 Å².